The van der Waals surface area contributed by atoms with E-state index >= 15 is 0 Å². The Labute approximate surface area is 134 Å². The topological polar surface area (TPSA) is 47.6 Å². The standard InChI is InChI=1S/C18H29NO3/c1-6-7-12-18(4,21-5)17(20)19-15-8-10-16(11-9-15)22-13-14(2)3/h8-11,14H,6-7,12-13H2,1-5H3,(H,19,20)/t18-/m0/s1. The van der Waals surface area contributed by atoms with E-state index < -0.39 is 5.60 Å². The second-order valence-corrected chi connectivity index (χ2v) is 6.22. The lowest BCUT2D eigenvalue weighted by molar-refractivity contribution is -0.136. The summed E-state index contributed by atoms with van der Waals surface area (Å²) in [6.07, 6.45) is 2.70. The Hall–Kier alpha value is -1.55. The summed E-state index contributed by atoms with van der Waals surface area (Å²) in [4.78, 5) is 12.4. The van der Waals surface area contributed by atoms with Crippen LogP contribution in [0, 0.1) is 5.92 Å². The van der Waals surface area contributed by atoms with Crippen molar-refractivity contribution in [1.29, 1.82) is 0 Å². The minimum atomic E-state index is -0.789. The molecule has 0 aliphatic carbocycles. The SMILES string of the molecule is CCCC[C@](C)(OC)C(=O)Nc1ccc(OCC(C)C)cc1. The van der Waals surface area contributed by atoms with E-state index in [4.69, 9.17) is 9.47 Å². The first-order chi connectivity index (χ1) is 10.4. The van der Waals surface area contributed by atoms with Crippen molar-refractivity contribution in [2.24, 2.45) is 5.92 Å². The quantitative estimate of drug-likeness (QED) is 0.741. The predicted molar refractivity (Wildman–Crippen MR) is 90.3 cm³/mol. The molecule has 0 fully saturated rings. The predicted octanol–water partition coefficient (Wildman–Crippen LogP) is 4.26. The molecule has 0 radical (unpaired) electrons. The Kier molecular flexibility index (Phi) is 7.39. The van der Waals surface area contributed by atoms with E-state index in [0.29, 0.717) is 18.9 Å². The molecule has 0 aromatic heterocycles. The fourth-order valence-corrected chi connectivity index (χ4v) is 1.98. The summed E-state index contributed by atoms with van der Waals surface area (Å²) in [5.74, 6) is 1.19. The molecular formula is C18H29NO3. The number of ether oxygens (including phenoxy) is 2. The first-order valence-electron chi connectivity index (χ1n) is 8.00. The van der Waals surface area contributed by atoms with E-state index in [1.54, 1.807) is 7.11 Å². The zero-order valence-corrected chi connectivity index (χ0v) is 14.4. The number of carbonyl (C=O) groups excluding carboxylic acids is 1. The lowest BCUT2D eigenvalue weighted by atomic mass is 9.97. The van der Waals surface area contributed by atoms with Crippen molar-refractivity contribution < 1.29 is 14.3 Å². The number of hydrogen-bond acceptors (Lipinski definition) is 3. The van der Waals surface area contributed by atoms with Gasteiger partial charge in [-0.1, -0.05) is 33.6 Å². The lowest BCUT2D eigenvalue weighted by Crippen LogP contribution is -2.41. The lowest BCUT2D eigenvalue weighted by Gasteiger charge is -2.26. The van der Waals surface area contributed by atoms with Crippen molar-refractivity contribution in [3.8, 4) is 5.75 Å². The van der Waals surface area contributed by atoms with Crippen molar-refractivity contribution >= 4 is 11.6 Å². The molecule has 0 aliphatic rings. The smallest absolute Gasteiger partial charge is 0.256 e. The van der Waals surface area contributed by atoms with Gasteiger partial charge in [0.15, 0.2) is 0 Å². The van der Waals surface area contributed by atoms with Crippen molar-refractivity contribution in [2.45, 2.75) is 52.6 Å². The van der Waals surface area contributed by atoms with Gasteiger partial charge in [-0.15, -0.1) is 0 Å². The zero-order valence-electron chi connectivity index (χ0n) is 14.4. The van der Waals surface area contributed by atoms with E-state index in [1.807, 2.05) is 31.2 Å². The molecule has 0 unspecified atom stereocenters. The van der Waals surface area contributed by atoms with Crippen LogP contribution in [0.1, 0.15) is 47.0 Å². The van der Waals surface area contributed by atoms with Gasteiger partial charge in [0, 0.05) is 12.8 Å². The summed E-state index contributed by atoms with van der Waals surface area (Å²) in [6.45, 7) is 8.83. The van der Waals surface area contributed by atoms with Crippen LogP contribution < -0.4 is 10.1 Å². The average molecular weight is 307 g/mol. The van der Waals surface area contributed by atoms with E-state index in [0.717, 1.165) is 24.3 Å². The maximum absolute atomic E-state index is 12.4. The number of benzene rings is 1. The van der Waals surface area contributed by atoms with Crippen molar-refractivity contribution in [1.82, 2.24) is 0 Å². The van der Waals surface area contributed by atoms with Crippen LogP contribution in [0.4, 0.5) is 5.69 Å². The molecule has 1 atom stereocenters. The van der Waals surface area contributed by atoms with Gasteiger partial charge in [0.25, 0.3) is 5.91 Å². The van der Waals surface area contributed by atoms with Gasteiger partial charge in [0.05, 0.1) is 6.61 Å². The Morgan fingerprint density at radius 1 is 1.27 bits per heavy atom. The molecule has 124 valence electrons. The maximum Gasteiger partial charge on any atom is 0.256 e. The van der Waals surface area contributed by atoms with Crippen molar-refractivity contribution in [3.05, 3.63) is 24.3 Å². The van der Waals surface area contributed by atoms with Gasteiger partial charge in [-0.3, -0.25) is 4.79 Å². The minimum Gasteiger partial charge on any atom is -0.493 e. The third-order valence-electron chi connectivity index (χ3n) is 3.63. The molecule has 0 aliphatic heterocycles. The van der Waals surface area contributed by atoms with E-state index in [-0.39, 0.29) is 5.91 Å². The van der Waals surface area contributed by atoms with E-state index in [2.05, 4.69) is 26.1 Å². The van der Waals surface area contributed by atoms with Gasteiger partial charge in [-0.25, -0.2) is 0 Å². The molecule has 0 saturated heterocycles. The van der Waals surface area contributed by atoms with Crippen molar-refractivity contribution in [3.63, 3.8) is 0 Å². The maximum atomic E-state index is 12.4. The molecule has 1 amide bonds. The molecule has 4 heteroatoms. The molecular weight excluding hydrogens is 278 g/mol. The van der Waals surface area contributed by atoms with E-state index in [9.17, 15) is 4.79 Å². The number of carbonyl (C=O) groups is 1. The van der Waals surface area contributed by atoms with Crippen LogP contribution in [0.5, 0.6) is 5.75 Å². The molecule has 0 heterocycles. The highest BCUT2D eigenvalue weighted by Crippen LogP contribution is 2.22. The highest BCUT2D eigenvalue weighted by atomic mass is 16.5. The van der Waals surface area contributed by atoms with Crippen LogP contribution in [0.3, 0.4) is 0 Å². The fourth-order valence-electron chi connectivity index (χ4n) is 1.98. The normalized spacial score (nSPS) is 13.7. The zero-order chi connectivity index (χ0) is 16.6. The van der Waals surface area contributed by atoms with Gasteiger partial charge in [0.2, 0.25) is 0 Å². The number of hydrogen-bond donors (Lipinski definition) is 1. The third-order valence-corrected chi connectivity index (χ3v) is 3.63. The summed E-state index contributed by atoms with van der Waals surface area (Å²) in [7, 11) is 1.58. The monoisotopic (exact) mass is 307 g/mol. The number of methoxy groups -OCH3 is 1. The number of amides is 1. The van der Waals surface area contributed by atoms with Gasteiger partial charge < -0.3 is 14.8 Å². The van der Waals surface area contributed by atoms with Crippen molar-refractivity contribution in [2.75, 3.05) is 19.0 Å². The summed E-state index contributed by atoms with van der Waals surface area (Å²) >= 11 is 0. The summed E-state index contributed by atoms with van der Waals surface area (Å²) in [6, 6.07) is 7.44. The van der Waals surface area contributed by atoms with Gasteiger partial charge >= 0.3 is 0 Å². The van der Waals surface area contributed by atoms with Crippen LogP contribution in [0.25, 0.3) is 0 Å². The number of unbranched alkanes of at least 4 members (excludes halogenated alkanes) is 1. The molecule has 4 nitrogen and oxygen atoms in total. The minimum absolute atomic E-state index is 0.112. The first-order valence-corrected chi connectivity index (χ1v) is 8.00. The Morgan fingerprint density at radius 2 is 1.91 bits per heavy atom. The number of anilines is 1. The largest absolute Gasteiger partial charge is 0.493 e. The molecule has 1 aromatic carbocycles. The molecule has 1 aromatic rings. The second-order valence-electron chi connectivity index (χ2n) is 6.22. The Balaban J connectivity index is 2.63. The highest BCUT2D eigenvalue weighted by Gasteiger charge is 2.32. The van der Waals surface area contributed by atoms with Crippen LogP contribution in [0.15, 0.2) is 24.3 Å². The molecule has 22 heavy (non-hydrogen) atoms. The number of nitrogens with one attached hydrogen (secondary N) is 1. The number of rotatable bonds is 9. The first kappa shape index (κ1) is 18.5. The fraction of sp³-hybridized carbons (Fsp3) is 0.611. The highest BCUT2D eigenvalue weighted by molar-refractivity contribution is 5.97. The van der Waals surface area contributed by atoms with E-state index in [1.165, 1.54) is 0 Å². The van der Waals surface area contributed by atoms with Crippen LogP contribution in [-0.2, 0) is 9.53 Å². The molecule has 0 spiro atoms. The van der Waals surface area contributed by atoms with Crippen LogP contribution in [0.2, 0.25) is 0 Å². The Bertz CT molecular complexity index is 456. The third kappa shape index (κ3) is 5.68. The van der Waals surface area contributed by atoms with Gasteiger partial charge in [-0.2, -0.15) is 0 Å². The summed E-state index contributed by atoms with van der Waals surface area (Å²) < 4.78 is 11.1. The summed E-state index contributed by atoms with van der Waals surface area (Å²) in [5.41, 5.74) is -0.0373. The molecule has 1 N–H and O–H groups in total. The summed E-state index contributed by atoms with van der Waals surface area (Å²) in [5, 5.41) is 2.91. The van der Waals surface area contributed by atoms with Crippen LogP contribution in [-0.4, -0.2) is 25.2 Å². The molecule has 1 rings (SSSR count). The average Bonchev–Trinajstić information content (AvgIpc) is 2.51. The van der Waals surface area contributed by atoms with Gasteiger partial charge in [0.1, 0.15) is 11.4 Å². The Morgan fingerprint density at radius 3 is 2.41 bits per heavy atom. The van der Waals surface area contributed by atoms with Gasteiger partial charge in [-0.05, 0) is 43.5 Å². The van der Waals surface area contributed by atoms with Crippen LogP contribution >= 0.6 is 0 Å². The molecule has 0 bridgehead atoms. The molecule has 0 saturated carbocycles. The second kappa shape index (κ2) is 8.79.